The Hall–Kier alpha value is -0.880. The van der Waals surface area contributed by atoms with Crippen LogP contribution >= 0.6 is 63.7 Å². The molecule has 2 aromatic rings. The predicted molar refractivity (Wildman–Crippen MR) is 137 cm³/mol. The van der Waals surface area contributed by atoms with Crippen LogP contribution in [0.5, 0.6) is 11.5 Å². The minimum Gasteiger partial charge on any atom is -0.457 e. The van der Waals surface area contributed by atoms with Crippen LogP contribution in [0.2, 0.25) is 0 Å². The molecular formula is C23H23Br4NO3. The van der Waals surface area contributed by atoms with Gasteiger partial charge in [-0.15, -0.1) is 0 Å². The second kappa shape index (κ2) is 11.8. The number of hydrogen-bond acceptors (Lipinski definition) is 4. The molecule has 0 aliphatic carbocycles. The van der Waals surface area contributed by atoms with Crippen molar-refractivity contribution < 1.29 is 14.3 Å². The minimum absolute atomic E-state index is 0.0180. The summed E-state index contributed by atoms with van der Waals surface area (Å²) in [4.78, 5) is 13.0. The molecule has 2 rings (SSSR count). The Balaban J connectivity index is 2.20. The zero-order valence-electron chi connectivity index (χ0n) is 17.3. The molecule has 0 spiro atoms. The van der Waals surface area contributed by atoms with Gasteiger partial charge in [0.25, 0.3) is 0 Å². The van der Waals surface area contributed by atoms with E-state index in [0.29, 0.717) is 17.1 Å². The van der Waals surface area contributed by atoms with Crippen LogP contribution in [0.15, 0.2) is 54.6 Å². The Kier molecular flexibility index (Phi) is 10.1. The Morgan fingerprint density at radius 1 is 1.00 bits per heavy atom. The number of benzene rings is 2. The van der Waals surface area contributed by atoms with Crippen molar-refractivity contribution in [3.8, 4) is 17.6 Å². The lowest BCUT2D eigenvalue weighted by molar-refractivity contribution is -0.155. The maximum absolute atomic E-state index is 13.1. The molecule has 0 heterocycles. The molecule has 31 heavy (non-hydrogen) atoms. The molecule has 8 heteroatoms. The lowest BCUT2D eigenvalue weighted by Crippen LogP contribution is -2.38. The molecule has 0 saturated heterocycles. The highest BCUT2D eigenvalue weighted by atomic mass is 80.0. The van der Waals surface area contributed by atoms with E-state index in [9.17, 15) is 10.1 Å². The van der Waals surface area contributed by atoms with Crippen molar-refractivity contribution in [3.05, 3.63) is 60.2 Å². The quantitative estimate of drug-likeness (QED) is 0.209. The summed E-state index contributed by atoms with van der Waals surface area (Å²) in [5.74, 6) is 0.338. The van der Waals surface area contributed by atoms with Crippen molar-refractivity contribution in [3.63, 3.8) is 0 Å². The molecule has 0 aromatic heterocycles. The summed E-state index contributed by atoms with van der Waals surface area (Å²) >= 11 is 14.2. The topological polar surface area (TPSA) is 59.3 Å². The van der Waals surface area contributed by atoms with Gasteiger partial charge in [-0.25, -0.2) is 0 Å². The SMILES string of the molecule is CC(C)C(C(=O)OC(C#N)c1cccc(Oc2ccccc2)c1)C(C)C(Br)C(Br)(Br)Br. The molecule has 4 nitrogen and oxygen atoms in total. The Labute approximate surface area is 217 Å². The van der Waals surface area contributed by atoms with Gasteiger partial charge in [-0.05, 0) is 36.1 Å². The number of rotatable bonds is 8. The van der Waals surface area contributed by atoms with Crippen molar-refractivity contribution in [1.29, 1.82) is 5.26 Å². The molecule has 0 radical (unpaired) electrons. The molecular weight excluding hydrogens is 658 g/mol. The van der Waals surface area contributed by atoms with Crippen LogP contribution in [0.25, 0.3) is 0 Å². The van der Waals surface area contributed by atoms with Crippen LogP contribution in [0, 0.1) is 29.1 Å². The van der Waals surface area contributed by atoms with Gasteiger partial charge in [0.2, 0.25) is 6.10 Å². The number of alkyl halides is 4. The first-order chi connectivity index (χ1) is 14.5. The minimum atomic E-state index is -1.03. The third-order valence-electron chi connectivity index (χ3n) is 4.82. The van der Waals surface area contributed by atoms with Crippen LogP contribution in [-0.4, -0.2) is 12.9 Å². The first-order valence-corrected chi connectivity index (χ1v) is 13.0. The summed E-state index contributed by atoms with van der Waals surface area (Å²) in [6, 6.07) is 18.5. The highest BCUT2D eigenvalue weighted by Gasteiger charge is 2.41. The fraction of sp³-hybridized carbons (Fsp3) is 0.391. The van der Waals surface area contributed by atoms with E-state index in [2.05, 4.69) is 69.8 Å². The summed E-state index contributed by atoms with van der Waals surface area (Å²) in [5.41, 5.74) is 0.561. The molecule has 0 aliphatic heterocycles. The standard InChI is InChI=1S/C23H23Br4NO3/c1-14(2)20(15(3)21(24)23(25,26)27)22(29)31-19(13-28)16-8-7-11-18(12-16)30-17-9-5-4-6-10-17/h4-12,14-15,19-21H,1-3H3. The van der Waals surface area contributed by atoms with Crippen molar-refractivity contribution in [2.75, 3.05) is 0 Å². The molecule has 0 amide bonds. The number of nitriles is 1. The number of carbonyl (C=O) groups is 1. The van der Waals surface area contributed by atoms with Crippen molar-refractivity contribution in [2.45, 2.75) is 33.8 Å². The lowest BCUT2D eigenvalue weighted by atomic mass is 9.83. The molecule has 0 fully saturated rings. The van der Waals surface area contributed by atoms with E-state index < -0.39 is 20.1 Å². The second-order valence-corrected chi connectivity index (χ2v) is 15.4. The van der Waals surface area contributed by atoms with Crippen molar-refractivity contribution >= 4 is 69.7 Å². The van der Waals surface area contributed by atoms with E-state index in [-0.39, 0.29) is 16.7 Å². The van der Waals surface area contributed by atoms with Gasteiger partial charge in [0.15, 0.2) is 0 Å². The summed E-state index contributed by atoms with van der Waals surface area (Å²) in [5, 5.41) is 9.71. The number of nitrogens with zero attached hydrogens (tertiary/aromatic N) is 1. The van der Waals surface area contributed by atoms with E-state index >= 15 is 0 Å². The Morgan fingerprint density at radius 2 is 1.61 bits per heavy atom. The van der Waals surface area contributed by atoms with E-state index in [1.807, 2.05) is 51.1 Å². The number of ether oxygens (including phenoxy) is 2. The molecule has 4 unspecified atom stereocenters. The monoisotopic (exact) mass is 677 g/mol. The maximum Gasteiger partial charge on any atom is 0.311 e. The van der Waals surface area contributed by atoms with Gasteiger partial charge in [0, 0.05) is 5.56 Å². The first kappa shape index (κ1) is 26.4. The van der Waals surface area contributed by atoms with Gasteiger partial charge in [0.1, 0.15) is 19.7 Å². The van der Waals surface area contributed by atoms with Gasteiger partial charge in [-0.2, -0.15) is 5.26 Å². The number of carbonyl (C=O) groups excluding carboxylic acids is 1. The average molecular weight is 681 g/mol. The molecule has 0 saturated carbocycles. The highest BCUT2D eigenvalue weighted by molar-refractivity contribution is 9.40. The summed E-state index contributed by atoms with van der Waals surface area (Å²) in [6.45, 7) is 5.91. The molecule has 0 N–H and O–H groups in total. The van der Waals surface area contributed by atoms with Crippen LogP contribution in [0.4, 0.5) is 0 Å². The van der Waals surface area contributed by atoms with E-state index in [4.69, 9.17) is 9.47 Å². The molecule has 4 atom stereocenters. The molecule has 0 bridgehead atoms. The van der Waals surface area contributed by atoms with Crippen LogP contribution in [0.1, 0.15) is 32.4 Å². The predicted octanol–water partition coefficient (Wildman–Crippen LogP) is 8.10. The number of esters is 1. The number of hydrogen-bond donors (Lipinski definition) is 0. The fourth-order valence-corrected chi connectivity index (χ4v) is 4.88. The zero-order chi connectivity index (χ0) is 23.2. The Morgan fingerprint density at radius 3 is 2.16 bits per heavy atom. The average Bonchev–Trinajstić information content (AvgIpc) is 2.71. The van der Waals surface area contributed by atoms with Gasteiger partial charge < -0.3 is 9.47 Å². The Bertz CT molecular complexity index is 909. The number of para-hydroxylation sites is 1. The summed E-state index contributed by atoms with van der Waals surface area (Å²) < 4.78 is 10.9. The van der Waals surface area contributed by atoms with Crippen molar-refractivity contribution in [1.82, 2.24) is 0 Å². The lowest BCUT2D eigenvalue weighted by Gasteiger charge is -2.33. The van der Waals surface area contributed by atoms with Crippen LogP contribution < -0.4 is 4.74 Å². The largest absolute Gasteiger partial charge is 0.457 e. The normalized spacial score (nSPS) is 15.5. The smallest absolute Gasteiger partial charge is 0.311 e. The number of halogens is 4. The zero-order valence-corrected chi connectivity index (χ0v) is 23.6. The van der Waals surface area contributed by atoms with E-state index in [1.165, 1.54) is 0 Å². The van der Waals surface area contributed by atoms with Crippen LogP contribution in [-0.2, 0) is 9.53 Å². The first-order valence-electron chi connectivity index (χ1n) is 9.68. The highest BCUT2D eigenvalue weighted by Crippen LogP contribution is 2.47. The second-order valence-electron chi connectivity index (χ2n) is 7.51. The third-order valence-corrected chi connectivity index (χ3v) is 9.67. The molecule has 2 aromatic carbocycles. The van der Waals surface area contributed by atoms with E-state index in [0.717, 1.165) is 0 Å². The third kappa shape index (κ3) is 7.59. The van der Waals surface area contributed by atoms with E-state index in [1.54, 1.807) is 24.3 Å². The van der Waals surface area contributed by atoms with Crippen LogP contribution in [0.3, 0.4) is 0 Å². The fourth-order valence-electron chi connectivity index (χ4n) is 3.30. The van der Waals surface area contributed by atoms with Gasteiger partial charge in [0.05, 0.1) is 10.7 Å². The van der Waals surface area contributed by atoms with Gasteiger partial charge >= 0.3 is 5.97 Å². The molecule has 166 valence electrons. The van der Waals surface area contributed by atoms with Gasteiger partial charge in [-0.1, -0.05) is 115 Å². The maximum atomic E-state index is 13.1. The summed E-state index contributed by atoms with van der Waals surface area (Å²) in [7, 11) is 0. The molecule has 0 aliphatic rings. The summed E-state index contributed by atoms with van der Waals surface area (Å²) in [6.07, 6.45) is -1.03. The van der Waals surface area contributed by atoms with Gasteiger partial charge in [-0.3, -0.25) is 4.79 Å². The van der Waals surface area contributed by atoms with Crippen molar-refractivity contribution in [2.24, 2.45) is 17.8 Å².